The molecular formula is C16H15F4NO2S. The van der Waals surface area contributed by atoms with Crippen LogP contribution in [-0.4, -0.2) is 14.5 Å². The average Bonchev–Trinajstić information content (AvgIpc) is 2.46. The molecule has 2 aromatic rings. The smallest absolute Gasteiger partial charge is 0.264 e. The van der Waals surface area contributed by atoms with Crippen molar-refractivity contribution in [2.24, 2.45) is 0 Å². The summed E-state index contributed by atoms with van der Waals surface area (Å²) in [6.45, 7) is 3.19. The number of anilines is 1. The van der Waals surface area contributed by atoms with E-state index < -0.39 is 38.5 Å². The van der Waals surface area contributed by atoms with Gasteiger partial charge in [0, 0.05) is 6.04 Å². The molecule has 0 spiro atoms. The Balaban J connectivity index is 2.61. The number of alkyl halides is 3. The molecule has 0 radical (unpaired) electrons. The predicted molar refractivity (Wildman–Crippen MR) is 82.6 cm³/mol. The number of hydrogen-bond donors (Lipinski definition) is 0. The van der Waals surface area contributed by atoms with Crippen LogP contribution in [0.3, 0.4) is 0 Å². The van der Waals surface area contributed by atoms with E-state index in [0.29, 0.717) is 17.8 Å². The molecule has 130 valence electrons. The fraction of sp³-hybridized carbons (Fsp3) is 0.250. The Labute approximate surface area is 137 Å². The molecule has 3 nitrogen and oxygen atoms in total. The van der Waals surface area contributed by atoms with Crippen LogP contribution < -0.4 is 4.31 Å². The van der Waals surface area contributed by atoms with E-state index in [0.717, 1.165) is 10.4 Å². The van der Waals surface area contributed by atoms with Gasteiger partial charge >= 0.3 is 6.18 Å². The highest BCUT2D eigenvalue weighted by atomic mass is 32.2. The SMILES string of the molecule is CC(C)N(c1ccccc1)S(=O)(=O)c1ccc(F)c(C(F)(F)F)c1. The average molecular weight is 361 g/mol. The lowest BCUT2D eigenvalue weighted by Gasteiger charge is -2.28. The monoisotopic (exact) mass is 361 g/mol. The maximum absolute atomic E-state index is 13.4. The summed E-state index contributed by atoms with van der Waals surface area (Å²) in [5.74, 6) is -1.52. The summed E-state index contributed by atoms with van der Waals surface area (Å²) in [7, 11) is -4.29. The topological polar surface area (TPSA) is 37.4 Å². The van der Waals surface area contributed by atoms with Crippen LogP contribution >= 0.6 is 0 Å². The minimum Gasteiger partial charge on any atom is -0.264 e. The molecule has 2 aromatic carbocycles. The van der Waals surface area contributed by atoms with E-state index in [1.165, 1.54) is 12.1 Å². The second kappa shape index (κ2) is 6.43. The third-order valence-corrected chi connectivity index (χ3v) is 5.28. The van der Waals surface area contributed by atoms with Gasteiger partial charge in [-0.05, 0) is 44.2 Å². The van der Waals surface area contributed by atoms with Crippen LogP contribution in [0.25, 0.3) is 0 Å². The minimum absolute atomic E-state index is 0.311. The Morgan fingerprint density at radius 2 is 1.58 bits per heavy atom. The van der Waals surface area contributed by atoms with Crippen LogP contribution in [0.4, 0.5) is 23.2 Å². The van der Waals surface area contributed by atoms with Gasteiger partial charge in [0.05, 0.1) is 16.1 Å². The molecule has 0 saturated carbocycles. The Morgan fingerprint density at radius 3 is 2.08 bits per heavy atom. The van der Waals surface area contributed by atoms with Crippen LogP contribution in [-0.2, 0) is 16.2 Å². The molecular weight excluding hydrogens is 346 g/mol. The van der Waals surface area contributed by atoms with Gasteiger partial charge in [-0.25, -0.2) is 12.8 Å². The van der Waals surface area contributed by atoms with Crippen LogP contribution in [0.1, 0.15) is 19.4 Å². The van der Waals surface area contributed by atoms with Gasteiger partial charge in [0.1, 0.15) is 5.82 Å². The first-order chi connectivity index (χ1) is 11.0. The van der Waals surface area contributed by atoms with Crippen LogP contribution in [0, 0.1) is 5.82 Å². The minimum atomic E-state index is -4.98. The van der Waals surface area contributed by atoms with Crippen molar-refractivity contribution in [2.75, 3.05) is 4.31 Å². The zero-order valence-electron chi connectivity index (χ0n) is 12.9. The largest absolute Gasteiger partial charge is 0.419 e. The van der Waals surface area contributed by atoms with Crippen molar-refractivity contribution in [3.05, 3.63) is 59.9 Å². The first-order valence-corrected chi connectivity index (χ1v) is 8.45. The fourth-order valence-corrected chi connectivity index (χ4v) is 3.97. The molecule has 24 heavy (non-hydrogen) atoms. The highest BCUT2D eigenvalue weighted by molar-refractivity contribution is 7.92. The van der Waals surface area contributed by atoms with Crippen molar-refractivity contribution in [1.82, 2.24) is 0 Å². The summed E-state index contributed by atoms with van der Waals surface area (Å²) in [6.07, 6.45) is -4.98. The second-order valence-corrected chi connectivity index (χ2v) is 7.18. The molecule has 0 atom stereocenters. The van der Waals surface area contributed by atoms with Crippen molar-refractivity contribution >= 4 is 15.7 Å². The number of para-hydroxylation sites is 1. The quantitative estimate of drug-likeness (QED) is 0.755. The Morgan fingerprint density at radius 1 is 1.00 bits per heavy atom. The Bertz CT molecular complexity index is 818. The van der Waals surface area contributed by atoms with E-state index in [-0.39, 0.29) is 0 Å². The summed E-state index contributed by atoms with van der Waals surface area (Å²) in [5.41, 5.74) is -1.30. The molecule has 0 aliphatic heterocycles. The Hall–Kier alpha value is -2.09. The van der Waals surface area contributed by atoms with Crippen molar-refractivity contribution in [3.8, 4) is 0 Å². The van der Waals surface area contributed by atoms with Gasteiger partial charge in [0.25, 0.3) is 10.0 Å². The summed E-state index contributed by atoms with van der Waals surface area (Å²) >= 11 is 0. The van der Waals surface area contributed by atoms with Gasteiger partial charge in [-0.15, -0.1) is 0 Å². The van der Waals surface area contributed by atoms with Crippen LogP contribution in [0.5, 0.6) is 0 Å². The predicted octanol–water partition coefficient (Wildman–Crippen LogP) is 4.45. The molecule has 0 aliphatic rings. The number of rotatable bonds is 4. The highest BCUT2D eigenvalue weighted by Crippen LogP contribution is 2.34. The van der Waals surface area contributed by atoms with Crippen molar-refractivity contribution < 1.29 is 26.0 Å². The van der Waals surface area contributed by atoms with E-state index >= 15 is 0 Å². The second-order valence-electron chi connectivity index (χ2n) is 5.37. The summed E-state index contributed by atoms with van der Waals surface area (Å²) in [5, 5.41) is 0. The third-order valence-electron chi connectivity index (χ3n) is 3.28. The van der Waals surface area contributed by atoms with Gasteiger partial charge in [-0.1, -0.05) is 18.2 Å². The molecule has 0 aliphatic carbocycles. The lowest BCUT2D eigenvalue weighted by atomic mass is 10.2. The normalized spacial score (nSPS) is 12.5. The summed E-state index contributed by atoms with van der Waals surface area (Å²) in [6, 6.07) is 9.11. The molecule has 2 rings (SSSR count). The Kier molecular flexibility index (Phi) is 4.89. The van der Waals surface area contributed by atoms with E-state index in [2.05, 4.69) is 0 Å². The van der Waals surface area contributed by atoms with E-state index in [1.54, 1.807) is 32.0 Å². The van der Waals surface area contributed by atoms with Crippen molar-refractivity contribution in [1.29, 1.82) is 0 Å². The molecule has 0 saturated heterocycles. The fourth-order valence-electron chi connectivity index (χ4n) is 2.29. The highest BCUT2D eigenvalue weighted by Gasteiger charge is 2.36. The van der Waals surface area contributed by atoms with Gasteiger partial charge < -0.3 is 0 Å². The number of sulfonamides is 1. The zero-order chi connectivity index (χ0) is 18.1. The molecule has 0 aromatic heterocycles. The number of benzene rings is 2. The zero-order valence-corrected chi connectivity index (χ0v) is 13.7. The van der Waals surface area contributed by atoms with Gasteiger partial charge in [-0.2, -0.15) is 13.2 Å². The molecule has 0 N–H and O–H groups in total. The molecule has 8 heteroatoms. The van der Waals surface area contributed by atoms with Crippen LogP contribution in [0.2, 0.25) is 0 Å². The summed E-state index contributed by atoms with van der Waals surface area (Å²) < 4.78 is 78.6. The van der Waals surface area contributed by atoms with Crippen molar-refractivity contribution in [3.63, 3.8) is 0 Å². The maximum Gasteiger partial charge on any atom is 0.419 e. The molecule has 0 amide bonds. The molecule has 0 heterocycles. The van der Waals surface area contributed by atoms with Gasteiger partial charge in [0.2, 0.25) is 0 Å². The number of nitrogens with zero attached hydrogens (tertiary/aromatic N) is 1. The number of hydrogen-bond acceptors (Lipinski definition) is 2. The molecule has 0 bridgehead atoms. The lowest BCUT2D eigenvalue weighted by molar-refractivity contribution is -0.140. The lowest BCUT2D eigenvalue weighted by Crippen LogP contribution is -2.37. The molecule has 0 fully saturated rings. The van der Waals surface area contributed by atoms with E-state index in [9.17, 15) is 26.0 Å². The summed E-state index contributed by atoms with van der Waals surface area (Å²) in [4.78, 5) is -0.617. The van der Waals surface area contributed by atoms with E-state index in [1.807, 2.05) is 0 Å². The standard InChI is InChI=1S/C16H15F4NO2S/c1-11(2)21(12-6-4-3-5-7-12)24(22,23)13-8-9-15(17)14(10-13)16(18,19)20/h3-11H,1-2H3. The molecule has 0 unspecified atom stereocenters. The number of halogens is 4. The van der Waals surface area contributed by atoms with Crippen LogP contribution in [0.15, 0.2) is 53.4 Å². The van der Waals surface area contributed by atoms with Gasteiger partial charge in [0.15, 0.2) is 0 Å². The van der Waals surface area contributed by atoms with Gasteiger partial charge in [-0.3, -0.25) is 4.31 Å². The third kappa shape index (κ3) is 3.53. The van der Waals surface area contributed by atoms with Crippen molar-refractivity contribution in [2.45, 2.75) is 31.0 Å². The first kappa shape index (κ1) is 18.3. The van der Waals surface area contributed by atoms with E-state index in [4.69, 9.17) is 0 Å². The first-order valence-electron chi connectivity index (χ1n) is 7.01. The maximum atomic E-state index is 13.4.